The Morgan fingerprint density at radius 3 is 2.68 bits per heavy atom. The molecule has 0 saturated heterocycles. The first-order valence-electron chi connectivity index (χ1n) is 8.10. The summed E-state index contributed by atoms with van der Waals surface area (Å²) in [5.41, 5.74) is 6.43. The van der Waals surface area contributed by atoms with Gasteiger partial charge in [0.25, 0.3) is 11.8 Å². The number of nitrogens with two attached hydrogens (primary N) is 1. The maximum absolute atomic E-state index is 13.4. The molecule has 3 aromatic heterocycles. The number of thiophene rings is 1. The van der Waals surface area contributed by atoms with Crippen LogP contribution in [0.4, 0.5) is 8.78 Å². The monoisotopic (exact) mass is 451 g/mol. The molecule has 0 aromatic carbocycles. The van der Waals surface area contributed by atoms with Crippen molar-refractivity contribution >= 4 is 53.1 Å². The van der Waals surface area contributed by atoms with Crippen molar-refractivity contribution in [3.8, 4) is 10.6 Å². The summed E-state index contributed by atoms with van der Waals surface area (Å²) in [5, 5.41) is 8.98. The predicted molar refractivity (Wildman–Crippen MR) is 112 cm³/mol. The van der Waals surface area contributed by atoms with Gasteiger partial charge in [-0.15, -0.1) is 36.2 Å². The summed E-state index contributed by atoms with van der Waals surface area (Å²) in [4.78, 5) is 18.1. The molecule has 0 atom stereocenters. The van der Waals surface area contributed by atoms with Crippen LogP contribution in [0.15, 0.2) is 29.8 Å². The van der Waals surface area contributed by atoms with Gasteiger partial charge in [-0.25, -0.2) is 18.4 Å². The van der Waals surface area contributed by atoms with Crippen molar-refractivity contribution in [1.82, 2.24) is 20.1 Å². The lowest BCUT2D eigenvalue weighted by Crippen LogP contribution is -2.41. The first-order chi connectivity index (χ1) is 12.3. The number of fused-ring (bicyclic) bond motifs is 1. The molecule has 0 aliphatic heterocycles. The molecular formula is C17H21Cl2F2N5OS. The van der Waals surface area contributed by atoms with Crippen molar-refractivity contribution in [2.45, 2.75) is 25.8 Å². The Morgan fingerprint density at radius 2 is 2.11 bits per heavy atom. The molecule has 28 heavy (non-hydrogen) atoms. The number of carbonyl (C=O) groups excluding carboxylic acids is 1. The van der Waals surface area contributed by atoms with Crippen LogP contribution >= 0.6 is 36.2 Å². The normalized spacial score (nSPS) is 11.2. The van der Waals surface area contributed by atoms with Crippen LogP contribution in [0.3, 0.4) is 0 Å². The molecule has 154 valence electrons. The van der Waals surface area contributed by atoms with E-state index in [0.29, 0.717) is 16.7 Å². The van der Waals surface area contributed by atoms with Crippen LogP contribution < -0.4 is 11.1 Å². The second-order valence-corrected chi connectivity index (χ2v) is 7.14. The minimum atomic E-state index is -3.15. The van der Waals surface area contributed by atoms with Crippen molar-refractivity contribution in [1.29, 1.82) is 0 Å². The number of nitrogens with one attached hydrogen (secondary N) is 1. The van der Waals surface area contributed by atoms with Crippen LogP contribution in [-0.4, -0.2) is 39.7 Å². The summed E-state index contributed by atoms with van der Waals surface area (Å²) >= 11 is 1.48. The molecule has 0 saturated carbocycles. The van der Waals surface area contributed by atoms with E-state index in [9.17, 15) is 13.6 Å². The van der Waals surface area contributed by atoms with Crippen LogP contribution in [0.5, 0.6) is 0 Å². The lowest BCUT2D eigenvalue weighted by molar-refractivity contribution is 0.0119. The lowest BCUT2D eigenvalue weighted by atomic mass is 10.1. The van der Waals surface area contributed by atoms with Crippen molar-refractivity contribution in [2.75, 3.05) is 13.1 Å². The summed E-state index contributed by atoms with van der Waals surface area (Å²) in [7, 11) is 0. The summed E-state index contributed by atoms with van der Waals surface area (Å²) in [5.74, 6) is -3.76. The standard InChI is InChI=1S/C17H19F2N5OS.2ClH/c1-10(2)24-15-12(7-22-24)11(16(25)21-9-17(18,19)8-20)6-13(23-15)14-4-3-5-26-14;;/h3-7,10H,8-9,20H2,1-2H3,(H,21,25);2*1H. The molecule has 0 radical (unpaired) electrons. The highest BCUT2D eigenvalue weighted by Crippen LogP contribution is 2.29. The molecule has 3 aromatic rings. The predicted octanol–water partition coefficient (Wildman–Crippen LogP) is 3.91. The van der Waals surface area contributed by atoms with Crippen molar-refractivity contribution in [3.63, 3.8) is 0 Å². The van der Waals surface area contributed by atoms with E-state index in [2.05, 4.69) is 15.4 Å². The van der Waals surface area contributed by atoms with Gasteiger partial charge in [0.1, 0.15) is 0 Å². The Morgan fingerprint density at radius 1 is 1.39 bits per heavy atom. The maximum atomic E-state index is 13.4. The fourth-order valence-corrected chi connectivity index (χ4v) is 3.20. The highest BCUT2D eigenvalue weighted by Gasteiger charge is 2.28. The Bertz CT molecular complexity index is 931. The molecule has 11 heteroatoms. The van der Waals surface area contributed by atoms with Crippen molar-refractivity contribution < 1.29 is 13.6 Å². The summed E-state index contributed by atoms with van der Waals surface area (Å²) in [6, 6.07) is 5.42. The third-order valence-corrected chi connectivity index (χ3v) is 4.77. The number of carbonyl (C=O) groups is 1. The summed E-state index contributed by atoms with van der Waals surface area (Å²) in [6.45, 7) is 2.25. The van der Waals surface area contributed by atoms with Gasteiger partial charge in [0.05, 0.1) is 40.8 Å². The first-order valence-corrected chi connectivity index (χ1v) is 8.98. The fraction of sp³-hybridized carbons (Fsp3) is 0.353. The molecule has 0 spiro atoms. The fourth-order valence-electron chi connectivity index (χ4n) is 2.51. The Kier molecular flexibility index (Phi) is 8.30. The molecule has 3 N–H and O–H groups in total. The number of nitrogens with zero attached hydrogens (tertiary/aromatic N) is 3. The maximum Gasteiger partial charge on any atom is 0.277 e. The SMILES string of the molecule is CC(C)n1ncc2c(C(=O)NCC(F)(F)CN)cc(-c3cccs3)nc21.Cl.Cl. The highest BCUT2D eigenvalue weighted by molar-refractivity contribution is 7.13. The Hall–Kier alpha value is -1.81. The van der Waals surface area contributed by atoms with E-state index in [0.717, 1.165) is 4.88 Å². The van der Waals surface area contributed by atoms with E-state index in [1.54, 1.807) is 10.7 Å². The van der Waals surface area contributed by atoms with E-state index in [1.807, 2.05) is 31.4 Å². The summed E-state index contributed by atoms with van der Waals surface area (Å²) < 4.78 is 28.5. The van der Waals surface area contributed by atoms with E-state index < -0.39 is 24.9 Å². The van der Waals surface area contributed by atoms with E-state index in [4.69, 9.17) is 5.73 Å². The van der Waals surface area contributed by atoms with E-state index >= 15 is 0 Å². The van der Waals surface area contributed by atoms with Gasteiger partial charge in [-0.3, -0.25) is 4.79 Å². The van der Waals surface area contributed by atoms with Gasteiger partial charge in [-0.2, -0.15) is 5.10 Å². The molecule has 6 nitrogen and oxygen atoms in total. The number of alkyl halides is 2. The van der Waals surface area contributed by atoms with Crippen LogP contribution in [0, 0.1) is 0 Å². The van der Waals surface area contributed by atoms with Crippen molar-refractivity contribution in [2.24, 2.45) is 5.73 Å². The largest absolute Gasteiger partial charge is 0.346 e. The van der Waals surface area contributed by atoms with Crippen LogP contribution in [-0.2, 0) is 0 Å². The van der Waals surface area contributed by atoms with Gasteiger partial charge in [0.2, 0.25) is 0 Å². The third-order valence-electron chi connectivity index (χ3n) is 3.88. The minimum Gasteiger partial charge on any atom is -0.346 e. The average molecular weight is 452 g/mol. The number of rotatable bonds is 6. The zero-order valence-corrected chi connectivity index (χ0v) is 17.6. The number of hydrogen-bond acceptors (Lipinski definition) is 5. The number of pyridine rings is 1. The zero-order valence-electron chi connectivity index (χ0n) is 15.2. The second kappa shape index (κ2) is 9.60. The average Bonchev–Trinajstić information content (AvgIpc) is 3.28. The molecule has 0 aliphatic carbocycles. The van der Waals surface area contributed by atoms with Gasteiger partial charge in [-0.05, 0) is 31.4 Å². The molecule has 3 heterocycles. The number of halogens is 4. The smallest absolute Gasteiger partial charge is 0.277 e. The van der Waals surface area contributed by atoms with Gasteiger partial charge >= 0.3 is 0 Å². The van der Waals surface area contributed by atoms with E-state index in [1.165, 1.54) is 17.5 Å². The number of amides is 1. The minimum absolute atomic E-state index is 0. The van der Waals surface area contributed by atoms with Gasteiger partial charge in [0, 0.05) is 6.04 Å². The lowest BCUT2D eigenvalue weighted by Gasteiger charge is -2.15. The Labute approximate surface area is 177 Å². The summed E-state index contributed by atoms with van der Waals surface area (Å²) in [6.07, 6.45) is 1.54. The zero-order chi connectivity index (χ0) is 18.9. The second-order valence-electron chi connectivity index (χ2n) is 6.20. The van der Waals surface area contributed by atoms with Gasteiger partial charge < -0.3 is 11.1 Å². The molecular weight excluding hydrogens is 431 g/mol. The van der Waals surface area contributed by atoms with Crippen LogP contribution in [0.2, 0.25) is 0 Å². The highest BCUT2D eigenvalue weighted by atomic mass is 35.5. The number of hydrogen-bond donors (Lipinski definition) is 2. The van der Waals surface area contributed by atoms with Crippen LogP contribution in [0.25, 0.3) is 21.6 Å². The van der Waals surface area contributed by atoms with Gasteiger partial charge in [0.15, 0.2) is 5.65 Å². The number of aromatic nitrogens is 3. The van der Waals surface area contributed by atoms with E-state index in [-0.39, 0.29) is 36.4 Å². The topological polar surface area (TPSA) is 85.8 Å². The third kappa shape index (κ3) is 4.96. The molecule has 0 fully saturated rings. The molecule has 3 rings (SSSR count). The quantitative estimate of drug-likeness (QED) is 0.594. The molecule has 1 amide bonds. The van der Waals surface area contributed by atoms with Crippen LogP contribution in [0.1, 0.15) is 30.2 Å². The molecule has 0 bridgehead atoms. The van der Waals surface area contributed by atoms with Gasteiger partial charge in [-0.1, -0.05) is 6.07 Å². The molecule has 0 aliphatic rings. The Balaban J connectivity index is 0.00000196. The first kappa shape index (κ1) is 24.2. The molecule has 0 unspecified atom stereocenters. The van der Waals surface area contributed by atoms with Crippen molar-refractivity contribution in [3.05, 3.63) is 35.3 Å².